The maximum atomic E-state index is 6.42. The quantitative estimate of drug-likeness (QED) is 0.921. The van der Waals surface area contributed by atoms with Crippen LogP contribution in [0.5, 0.6) is 5.88 Å². The van der Waals surface area contributed by atoms with Crippen LogP contribution in [0.1, 0.15) is 32.1 Å². The molecule has 1 aromatic carbocycles. The Hall–Kier alpha value is -1.13. The van der Waals surface area contributed by atoms with Gasteiger partial charge in [0.2, 0.25) is 5.88 Å². The molecule has 1 saturated carbocycles. The number of ether oxygens (including phenoxy) is 1. The van der Waals surface area contributed by atoms with Gasteiger partial charge in [0.1, 0.15) is 6.61 Å². The van der Waals surface area contributed by atoms with E-state index < -0.39 is 0 Å². The Labute approximate surface area is 127 Å². The van der Waals surface area contributed by atoms with Crippen LogP contribution in [0.2, 0.25) is 0 Å². The third kappa shape index (κ3) is 2.81. The van der Waals surface area contributed by atoms with Gasteiger partial charge in [0.25, 0.3) is 0 Å². The zero-order valence-electron chi connectivity index (χ0n) is 11.4. The van der Waals surface area contributed by atoms with Crippen molar-refractivity contribution in [3.63, 3.8) is 0 Å². The minimum atomic E-state index is -0.186. The molecule has 1 fully saturated rings. The van der Waals surface area contributed by atoms with Crippen LogP contribution in [0.15, 0.2) is 34.9 Å². The first-order valence-corrected chi connectivity index (χ1v) is 7.92. The number of nitrogens with zero attached hydrogens (tertiary/aromatic N) is 1. The molecule has 1 aromatic heterocycles. The van der Waals surface area contributed by atoms with Crippen LogP contribution in [0.25, 0.3) is 10.8 Å². The molecule has 20 heavy (non-hydrogen) atoms. The molecule has 0 amide bonds. The number of pyridine rings is 1. The molecule has 3 rings (SSSR count). The van der Waals surface area contributed by atoms with E-state index in [2.05, 4.69) is 20.9 Å². The Morgan fingerprint density at radius 1 is 1.15 bits per heavy atom. The van der Waals surface area contributed by atoms with Crippen LogP contribution >= 0.6 is 15.9 Å². The van der Waals surface area contributed by atoms with Crippen LogP contribution in [0, 0.1) is 0 Å². The predicted molar refractivity (Wildman–Crippen MR) is 84.9 cm³/mol. The highest BCUT2D eigenvalue weighted by Gasteiger charge is 2.28. The lowest BCUT2D eigenvalue weighted by Crippen LogP contribution is -2.47. The zero-order valence-corrected chi connectivity index (χ0v) is 13.0. The van der Waals surface area contributed by atoms with Crippen LogP contribution in [0.3, 0.4) is 0 Å². The number of hydrogen-bond donors (Lipinski definition) is 1. The monoisotopic (exact) mass is 334 g/mol. The number of halogens is 1. The van der Waals surface area contributed by atoms with Gasteiger partial charge >= 0.3 is 0 Å². The minimum Gasteiger partial charge on any atom is -0.475 e. The Morgan fingerprint density at radius 2 is 1.95 bits per heavy atom. The number of hydrogen-bond acceptors (Lipinski definition) is 3. The van der Waals surface area contributed by atoms with Gasteiger partial charge in [0.05, 0.1) is 5.54 Å². The lowest BCUT2D eigenvalue weighted by molar-refractivity contribution is 0.171. The molecule has 0 saturated heterocycles. The van der Waals surface area contributed by atoms with E-state index in [4.69, 9.17) is 10.5 Å². The molecule has 0 radical (unpaired) electrons. The predicted octanol–water partition coefficient (Wildman–Crippen LogP) is 4.04. The molecular formula is C16H19BrN2O. The molecule has 3 nitrogen and oxygen atoms in total. The van der Waals surface area contributed by atoms with E-state index in [0.29, 0.717) is 12.5 Å². The second kappa shape index (κ2) is 5.70. The van der Waals surface area contributed by atoms with Crippen LogP contribution in [-0.2, 0) is 0 Å². The molecule has 0 spiro atoms. The van der Waals surface area contributed by atoms with Crippen molar-refractivity contribution in [3.05, 3.63) is 34.9 Å². The van der Waals surface area contributed by atoms with E-state index in [1.165, 1.54) is 19.3 Å². The van der Waals surface area contributed by atoms with Gasteiger partial charge in [-0.05, 0) is 31.0 Å². The van der Waals surface area contributed by atoms with Gasteiger partial charge in [-0.2, -0.15) is 0 Å². The van der Waals surface area contributed by atoms with E-state index in [9.17, 15) is 0 Å². The summed E-state index contributed by atoms with van der Waals surface area (Å²) < 4.78 is 7.02. The summed E-state index contributed by atoms with van der Waals surface area (Å²) in [5, 5.41) is 2.15. The number of nitrogens with two attached hydrogens (primary N) is 1. The normalized spacial score (nSPS) is 18.1. The highest BCUT2D eigenvalue weighted by atomic mass is 79.9. The standard InChI is InChI=1S/C16H19BrN2O/c17-14-6-4-5-13-12(14)7-10-19-15(13)20-11-16(18)8-2-1-3-9-16/h4-7,10H,1-3,8-9,11,18H2. The maximum Gasteiger partial charge on any atom is 0.221 e. The molecule has 4 heteroatoms. The first-order chi connectivity index (χ1) is 9.68. The molecule has 0 atom stereocenters. The summed E-state index contributed by atoms with van der Waals surface area (Å²) in [6, 6.07) is 8.05. The van der Waals surface area contributed by atoms with Crippen molar-refractivity contribution in [2.24, 2.45) is 5.73 Å². The first-order valence-electron chi connectivity index (χ1n) is 7.13. The van der Waals surface area contributed by atoms with Gasteiger partial charge in [-0.3, -0.25) is 0 Å². The zero-order chi connectivity index (χ0) is 14.0. The van der Waals surface area contributed by atoms with Crippen molar-refractivity contribution >= 4 is 26.7 Å². The van der Waals surface area contributed by atoms with Crippen molar-refractivity contribution in [1.82, 2.24) is 4.98 Å². The van der Waals surface area contributed by atoms with Crippen molar-refractivity contribution in [1.29, 1.82) is 0 Å². The van der Waals surface area contributed by atoms with Crippen molar-refractivity contribution in [3.8, 4) is 5.88 Å². The second-order valence-corrected chi connectivity index (χ2v) is 6.52. The third-order valence-corrected chi connectivity index (χ3v) is 4.75. The molecule has 2 N–H and O–H groups in total. The van der Waals surface area contributed by atoms with Crippen LogP contribution in [-0.4, -0.2) is 17.1 Å². The third-order valence-electron chi connectivity index (χ3n) is 4.06. The number of benzene rings is 1. The van der Waals surface area contributed by atoms with Crippen molar-refractivity contribution in [2.45, 2.75) is 37.6 Å². The van der Waals surface area contributed by atoms with E-state index in [1.807, 2.05) is 24.3 Å². The van der Waals surface area contributed by atoms with Gasteiger partial charge in [-0.15, -0.1) is 0 Å². The van der Waals surface area contributed by atoms with Gasteiger partial charge in [0.15, 0.2) is 0 Å². The molecule has 1 heterocycles. The molecular weight excluding hydrogens is 316 g/mol. The van der Waals surface area contributed by atoms with Gasteiger partial charge in [0, 0.05) is 21.4 Å². The van der Waals surface area contributed by atoms with E-state index in [0.717, 1.165) is 28.1 Å². The summed E-state index contributed by atoms with van der Waals surface area (Å²) >= 11 is 3.56. The van der Waals surface area contributed by atoms with E-state index in [-0.39, 0.29) is 5.54 Å². The van der Waals surface area contributed by atoms with Gasteiger partial charge in [-0.1, -0.05) is 41.3 Å². The Morgan fingerprint density at radius 3 is 2.75 bits per heavy atom. The SMILES string of the molecule is NC1(COc2nccc3c(Br)cccc23)CCCCC1. The van der Waals surface area contributed by atoms with Crippen LogP contribution in [0.4, 0.5) is 0 Å². The van der Waals surface area contributed by atoms with Crippen LogP contribution < -0.4 is 10.5 Å². The fourth-order valence-corrected chi connectivity index (χ4v) is 3.37. The summed E-state index contributed by atoms with van der Waals surface area (Å²) in [5.41, 5.74) is 6.23. The highest BCUT2D eigenvalue weighted by Crippen LogP contribution is 2.31. The van der Waals surface area contributed by atoms with Gasteiger partial charge < -0.3 is 10.5 Å². The van der Waals surface area contributed by atoms with Gasteiger partial charge in [-0.25, -0.2) is 4.98 Å². The summed E-state index contributed by atoms with van der Waals surface area (Å²) in [5.74, 6) is 0.680. The largest absolute Gasteiger partial charge is 0.475 e. The highest BCUT2D eigenvalue weighted by molar-refractivity contribution is 9.10. The molecule has 2 aromatic rings. The topological polar surface area (TPSA) is 48.1 Å². The molecule has 0 bridgehead atoms. The lowest BCUT2D eigenvalue weighted by atomic mass is 9.83. The Bertz CT molecular complexity index is 608. The summed E-state index contributed by atoms with van der Waals surface area (Å²) in [6.45, 7) is 0.547. The second-order valence-electron chi connectivity index (χ2n) is 5.66. The number of rotatable bonds is 3. The van der Waals surface area contributed by atoms with Crippen molar-refractivity contribution in [2.75, 3.05) is 6.61 Å². The minimum absolute atomic E-state index is 0.186. The van der Waals surface area contributed by atoms with E-state index >= 15 is 0 Å². The molecule has 0 unspecified atom stereocenters. The summed E-state index contributed by atoms with van der Waals surface area (Å²) in [6.07, 6.45) is 7.57. The van der Waals surface area contributed by atoms with E-state index in [1.54, 1.807) is 6.20 Å². The molecule has 1 aliphatic rings. The average molecular weight is 335 g/mol. The fraction of sp³-hybridized carbons (Fsp3) is 0.438. The first kappa shape index (κ1) is 13.8. The Balaban J connectivity index is 1.82. The smallest absolute Gasteiger partial charge is 0.221 e. The average Bonchev–Trinajstić information content (AvgIpc) is 2.47. The molecule has 1 aliphatic carbocycles. The Kier molecular flexibility index (Phi) is 3.94. The maximum absolute atomic E-state index is 6.42. The summed E-state index contributed by atoms with van der Waals surface area (Å²) in [7, 11) is 0. The van der Waals surface area contributed by atoms with Crippen molar-refractivity contribution < 1.29 is 4.74 Å². The molecule has 0 aliphatic heterocycles. The lowest BCUT2D eigenvalue weighted by Gasteiger charge is -2.32. The number of aromatic nitrogens is 1. The number of fused-ring (bicyclic) bond motifs is 1. The molecule has 106 valence electrons. The summed E-state index contributed by atoms with van der Waals surface area (Å²) in [4.78, 5) is 4.36. The fourth-order valence-electron chi connectivity index (χ4n) is 2.87.